The maximum absolute atomic E-state index is 12.5. The second-order valence-corrected chi connectivity index (χ2v) is 6.80. The number of anilines is 1. The first kappa shape index (κ1) is 18.2. The highest BCUT2D eigenvalue weighted by Crippen LogP contribution is 2.17. The highest BCUT2D eigenvalue weighted by Gasteiger charge is 2.21. The molecule has 0 unspecified atom stereocenters. The lowest BCUT2D eigenvalue weighted by molar-refractivity contribution is -0.131. The lowest BCUT2D eigenvalue weighted by Crippen LogP contribution is -2.48. The van der Waals surface area contributed by atoms with E-state index in [2.05, 4.69) is 32.2 Å². The number of benzene rings is 1. The summed E-state index contributed by atoms with van der Waals surface area (Å²) in [7, 11) is 0. The molecule has 0 saturated carbocycles. The van der Waals surface area contributed by atoms with E-state index in [1.54, 1.807) is 12.4 Å². The van der Waals surface area contributed by atoms with Crippen LogP contribution < -0.4 is 4.90 Å². The van der Waals surface area contributed by atoms with Gasteiger partial charge in [0.25, 0.3) is 0 Å². The molecule has 2 aromatic heterocycles. The van der Waals surface area contributed by atoms with Crippen molar-refractivity contribution in [3.8, 4) is 11.4 Å². The van der Waals surface area contributed by atoms with E-state index in [4.69, 9.17) is 4.52 Å². The number of hydrogen-bond donors (Lipinski definition) is 0. The summed E-state index contributed by atoms with van der Waals surface area (Å²) in [5.74, 6) is 1.32. The Morgan fingerprint density at radius 1 is 1.00 bits per heavy atom. The molecule has 0 atom stereocenters. The van der Waals surface area contributed by atoms with Gasteiger partial charge in [-0.15, -0.1) is 0 Å². The fraction of sp³-hybridized carbons (Fsp3) is 0.333. The van der Waals surface area contributed by atoms with E-state index in [-0.39, 0.29) is 5.91 Å². The summed E-state index contributed by atoms with van der Waals surface area (Å²) in [4.78, 5) is 25.1. The molecular formula is C21H23N5O2. The maximum atomic E-state index is 12.5. The molecule has 7 nitrogen and oxygen atoms in total. The molecule has 1 aromatic carbocycles. The quantitative estimate of drug-likeness (QED) is 0.658. The summed E-state index contributed by atoms with van der Waals surface area (Å²) in [5.41, 5.74) is 2.09. The van der Waals surface area contributed by atoms with Crippen molar-refractivity contribution >= 4 is 11.6 Å². The van der Waals surface area contributed by atoms with Crippen molar-refractivity contribution in [3.63, 3.8) is 0 Å². The number of nitrogens with zero attached hydrogens (tertiary/aromatic N) is 5. The van der Waals surface area contributed by atoms with E-state index in [0.29, 0.717) is 31.0 Å². The molecule has 144 valence electrons. The van der Waals surface area contributed by atoms with Gasteiger partial charge in [0.15, 0.2) is 0 Å². The summed E-state index contributed by atoms with van der Waals surface area (Å²) in [5, 5.41) is 4.00. The summed E-state index contributed by atoms with van der Waals surface area (Å²) in [6.07, 6.45) is 5.20. The van der Waals surface area contributed by atoms with Crippen molar-refractivity contribution in [1.29, 1.82) is 0 Å². The fourth-order valence-corrected chi connectivity index (χ4v) is 3.38. The van der Waals surface area contributed by atoms with Gasteiger partial charge in [-0.2, -0.15) is 4.98 Å². The molecule has 0 bridgehead atoms. The lowest BCUT2D eigenvalue weighted by Gasteiger charge is -2.36. The molecule has 1 aliphatic heterocycles. The van der Waals surface area contributed by atoms with Crippen LogP contribution in [0.2, 0.25) is 0 Å². The molecule has 0 aliphatic carbocycles. The number of aryl methyl sites for hydroxylation is 1. The van der Waals surface area contributed by atoms with Gasteiger partial charge in [0.05, 0.1) is 0 Å². The van der Waals surface area contributed by atoms with E-state index >= 15 is 0 Å². The number of piperazine rings is 1. The van der Waals surface area contributed by atoms with Crippen LogP contribution in [0.4, 0.5) is 5.69 Å². The van der Waals surface area contributed by atoms with Crippen LogP contribution in [-0.4, -0.2) is 52.1 Å². The summed E-state index contributed by atoms with van der Waals surface area (Å²) in [6.45, 7) is 3.27. The number of carbonyl (C=O) groups excluding carboxylic acids is 1. The highest BCUT2D eigenvalue weighted by molar-refractivity contribution is 5.76. The molecule has 28 heavy (non-hydrogen) atoms. The van der Waals surface area contributed by atoms with E-state index in [0.717, 1.165) is 31.7 Å². The largest absolute Gasteiger partial charge is 0.368 e. The van der Waals surface area contributed by atoms with Crippen molar-refractivity contribution in [3.05, 3.63) is 60.7 Å². The minimum absolute atomic E-state index is 0.196. The van der Waals surface area contributed by atoms with Crippen molar-refractivity contribution < 1.29 is 9.32 Å². The van der Waals surface area contributed by atoms with Gasteiger partial charge in [-0.3, -0.25) is 9.78 Å². The Balaban J connectivity index is 1.22. The number of pyridine rings is 1. The third kappa shape index (κ3) is 4.36. The Morgan fingerprint density at radius 3 is 2.50 bits per heavy atom. The number of aromatic nitrogens is 3. The zero-order chi connectivity index (χ0) is 19.2. The SMILES string of the molecule is O=C(CCCc1nc(-c2ccncc2)no1)N1CCN(c2ccccc2)CC1. The molecule has 1 saturated heterocycles. The predicted molar refractivity (Wildman–Crippen MR) is 106 cm³/mol. The molecule has 0 spiro atoms. The second kappa shape index (κ2) is 8.65. The monoisotopic (exact) mass is 377 g/mol. The lowest BCUT2D eigenvalue weighted by atomic mass is 10.2. The van der Waals surface area contributed by atoms with Gasteiger partial charge in [-0.05, 0) is 30.7 Å². The number of carbonyl (C=O) groups is 1. The smallest absolute Gasteiger partial charge is 0.226 e. The first-order valence-corrected chi connectivity index (χ1v) is 9.60. The van der Waals surface area contributed by atoms with Gasteiger partial charge >= 0.3 is 0 Å². The van der Waals surface area contributed by atoms with Crippen LogP contribution in [0.15, 0.2) is 59.4 Å². The average molecular weight is 377 g/mol. The van der Waals surface area contributed by atoms with Crippen LogP contribution in [0, 0.1) is 0 Å². The van der Waals surface area contributed by atoms with Crippen LogP contribution in [-0.2, 0) is 11.2 Å². The first-order chi connectivity index (χ1) is 13.8. The van der Waals surface area contributed by atoms with Crippen LogP contribution in [0.25, 0.3) is 11.4 Å². The standard InChI is InChI=1S/C21H23N5O2/c27-20(26-15-13-25(14-16-26)18-5-2-1-3-6-18)8-4-7-19-23-21(24-28-19)17-9-11-22-12-10-17/h1-3,5-6,9-12H,4,7-8,13-16H2. The van der Waals surface area contributed by atoms with Gasteiger partial charge in [0.2, 0.25) is 17.6 Å². The third-order valence-corrected chi connectivity index (χ3v) is 4.94. The van der Waals surface area contributed by atoms with Gasteiger partial charge < -0.3 is 14.3 Å². The Labute approximate surface area is 164 Å². The molecule has 3 aromatic rings. The highest BCUT2D eigenvalue weighted by atomic mass is 16.5. The minimum atomic E-state index is 0.196. The van der Waals surface area contributed by atoms with Gasteiger partial charge in [0, 0.05) is 62.7 Å². The molecule has 4 rings (SSSR count). The van der Waals surface area contributed by atoms with Gasteiger partial charge in [-0.1, -0.05) is 23.4 Å². The molecule has 0 N–H and O–H groups in total. The first-order valence-electron chi connectivity index (χ1n) is 9.60. The minimum Gasteiger partial charge on any atom is -0.368 e. The fourth-order valence-electron chi connectivity index (χ4n) is 3.38. The zero-order valence-corrected chi connectivity index (χ0v) is 15.7. The van der Waals surface area contributed by atoms with E-state index < -0.39 is 0 Å². The van der Waals surface area contributed by atoms with Crippen molar-refractivity contribution in [2.45, 2.75) is 19.3 Å². The van der Waals surface area contributed by atoms with Crippen LogP contribution >= 0.6 is 0 Å². The number of amides is 1. The summed E-state index contributed by atoms with van der Waals surface area (Å²) in [6, 6.07) is 14.0. The van der Waals surface area contributed by atoms with E-state index in [1.807, 2.05) is 35.2 Å². The van der Waals surface area contributed by atoms with Crippen molar-refractivity contribution in [2.24, 2.45) is 0 Å². The number of rotatable bonds is 6. The maximum Gasteiger partial charge on any atom is 0.226 e. The van der Waals surface area contributed by atoms with E-state index in [1.165, 1.54) is 5.69 Å². The van der Waals surface area contributed by atoms with Gasteiger partial charge in [0.1, 0.15) is 0 Å². The van der Waals surface area contributed by atoms with Crippen LogP contribution in [0.3, 0.4) is 0 Å². The Bertz CT molecular complexity index is 889. The molecule has 1 fully saturated rings. The van der Waals surface area contributed by atoms with Crippen molar-refractivity contribution in [2.75, 3.05) is 31.1 Å². The van der Waals surface area contributed by atoms with Gasteiger partial charge in [-0.25, -0.2) is 0 Å². The molecule has 7 heteroatoms. The molecular weight excluding hydrogens is 354 g/mol. The third-order valence-electron chi connectivity index (χ3n) is 4.94. The topological polar surface area (TPSA) is 75.4 Å². The molecule has 1 aliphatic rings. The van der Waals surface area contributed by atoms with Crippen LogP contribution in [0.5, 0.6) is 0 Å². The van der Waals surface area contributed by atoms with Crippen molar-refractivity contribution in [1.82, 2.24) is 20.0 Å². The Hall–Kier alpha value is -3.22. The predicted octanol–water partition coefficient (Wildman–Crippen LogP) is 2.80. The Morgan fingerprint density at radius 2 is 1.75 bits per heavy atom. The summed E-state index contributed by atoms with van der Waals surface area (Å²) < 4.78 is 5.30. The normalized spacial score (nSPS) is 14.3. The van der Waals surface area contributed by atoms with E-state index in [9.17, 15) is 4.79 Å². The number of hydrogen-bond acceptors (Lipinski definition) is 6. The molecule has 1 amide bonds. The Kier molecular flexibility index (Phi) is 5.61. The average Bonchev–Trinajstić information content (AvgIpc) is 3.24. The molecule has 0 radical (unpaired) electrons. The van der Waals surface area contributed by atoms with Crippen LogP contribution in [0.1, 0.15) is 18.7 Å². The second-order valence-electron chi connectivity index (χ2n) is 6.80. The summed E-state index contributed by atoms with van der Waals surface area (Å²) >= 11 is 0. The number of para-hydroxylation sites is 1. The zero-order valence-electron chi connectivity index (χ0n) is 15.7. The molecule has 3 heterocycles.